The maximum Gasteiger partial charge on any atom is 0.276 e. The van der Waals surface area contributed by atoms with Gasteiger partial charge in [0.05, 0.1) is 11.1 Å². The van der Waals surface area contributed by atoms with E-state index in [2.05, 4.69) is 35.0 Å². The fourth-order valence-corrected chi connectivity index (χ4v) is 8.41. The lowest BCUT2D eigenvalue weighted by Gasteiger charge is -2.34. The molecular weight excluding hydrogens is 552 g/mol. The first-order valence-corrected chi connectivity index (χ1v) is 15.8. The molecule has 2 fully saturated rings. The largest absolute Gasteiger partial charge is 0.446 e. The van der Waals surface area contributed by atoms with E-state index < -0.39 is 10.0 Å². The van der Waals surface area contributed by atoms with Crippen LogP contribution < -0.4 is 10.7 Å². The van der Waals surface area contributed by atoms with Gasteiger partial charge in [0.1, 0.15) is 5.76 Å². The lowest BCUT2D eigenvalue weighted by atomic mass is 10.2. The Labute approximate surface area is 230 Å². The van der Waals surface area contributed by atoms with E-state index >= 15 is 0 Å². The normalized spacial score (nSPS) is 17.6. The van der Waals surface area contributed by atoms with E-state index in [0.717, 1.165) is 5.69 Å². The van der Waals surface area contributed by atoms with Gasteiger partial charge >= 0.3 is 0 Å². The Morgan fingerprint density at radius 3 is 2.30 bits per heavy atom. The number of halogens is 1. The van der Waals surface area contributed by atoms with Crippen LogP contribution in [-0.4, -0.2) is 61.3 Å². The fraction of sp³-hybridized carbons (Fsp3) is 0.320. The summed E-state index contributed by atoms with van der Waals surface area (Å²) in [5.41, 5.74) is 6.16. The topological polar surface area (TPSA) is 94.9 Å². The molecular formula is C25H27ClN4O4S3. The van der Waals surface area contributed by atoms with Crippen molar-refractivity contribution in [2.45, 2.75) is 16.2 Å². The molecule has 1 aromatic heterocycles. The Kier molecular flexibility index (Phi) is 8.37. The van der Waals surface area contributed by atoms with E-state index in [9.17, 15) is 13.2 Å². The van der Waals surface area contributed by atoms with Crippen LogP contribution in [0.4, 0.5) is 5.69 Å². The van der Waals surface area contributed by atoms with Gasteiger partial charge in [-0.1, -0.05) is 23.7 Å². The monoisotopic (exact) mass is 578 g/mol. The predicted octanol–water partition coefficient (Wildman–Crippen LogP) is 4.68. The molecule has 2 aliphatic heterocycles. The number of carbonyl (C=O) groups excluding carboxylic acids is 1. The summed E-state index contributed by atoms with van der Waals surface area (Å²) in [7, 11) is -3.77. The van der Waals surface area contributed by atoms with Crippen LogP contribution in [0, 0.1) is 0 Å². The van der Waals surface area contributed by atoms with E-state index in [-0.39, 0.29) is 17.5 Å². The Bertz CT molecular complexity index is 1320. The highest BCUT2D eigenvalue weighted by molar-refractivity contribution is 8.19. The van der Waals surface area contributed by atoms with Crippen LogP contribution in [0.5, 0.6) is 0 Å². The number of nitrogens with zero attached hydrogens (tertiary/aromatic N) is 2. The third-order valence-electron chi connectivity index (χ3n) is 6.09. The summed E-state index contributed by atoms with van der Waals surface area (Å²) in [4.78, 5) is 12.3. The van der Waals surface area contributed by atoms with Gasteiger partial charge in [-0.05, 0) is 54.1 Å². The van der Waals surface area contributed by atoms with Crippen molar-refractivity contribution in [1.82, 2.24) is 14.6 Å². The van der Waals surface area contributed by atoms with E-state index in [1.807, 2.05) is 28.5 Å². The summed E-state index contributed by atoms with van der Waals surface area (Å²) in [6.45, 7) is 1.84. The van der Waals surface area contributed by atoms with Crippen molar-refractivity contribution in [3.63, 3.8) is 0 Å². The number of hydrazine groups is 1. The van der Waals surface area contributed by atoms with Crippen molar-refractivity contribution in [3.8, 4) is 0 Å². The second-order valence-electron chi connectivity index (χ2n) is 8.61. The van der Waals surface area contributed by atoms with Gasteiger partial charge in [0, 0.05) is 54.0 Å². The number of sulfonamides is 1. The number of nitrogens with one attached hydrogen (secondary N) is 2. The number of amides is 1. The fourth-order valence-electron chi connectivity index (χ4n) is 4.08. The smallest absolute Gasteiger partial charge is 0.276 e. The summed E-state index contributed by atoms with van der Waals surface area (Å²) in [6.07, 6.45) is 0. The Morgan fingerprint density at radius 1 is 0.946 bits per heavy atom. The SMILES string of the molecule is O=C(NCc1ccc(S(=O)(=O)N2CCN(Nc3ccc(C4SCCS4)cc3)CC2)o1)c1ccc(Cl)cc1. The molecule has 2 aromatic carbocycles. The Hall–Kier alpha value is -2.15. The lowest BCUT2D eigenvalue weighted by molar-refractivity contribution is 0.0947. The first kappa shape index (κ1) is 26.5. The number of carbonyl (C=O) groups is 1. The molecule has 37 heavy (non-hydrogen) atoms. The van der Waals surface area contributed by atoms with Gasteiger partial charge in [-0.25, -0.2) is 13.4 Å². The average molecular weight is 579 g/mol. The third kappa shape index (κ3) is 6.47. The number of piperazine rings is 1. The molecule has 0 radical (unpaired) electrons. The van der Waals surface area contributed by atoms with Crippen molar-refractivity contribution in [3.05, 3.63) is 82.6 Å². The van der Waals surface area contributed by atoms with Crippen molar-refractivity contribution in [2.24, 2.45) is 0 Å². The molecule has 5 rings (SSSR count). The molecule has 196 valence electrons. The minimum absolute atomic E-state index is 0.0750. The zero-order chi connectivity index (χ0) is 25.8. The van der Waals surface area contributed by atoms with Crippen LogP contribution in [0.2, 0.25) is 5.02 Å². The summed E-state index contributed by atoms with van der Waals surface area (Å²) in [5, 5.41) is 5.17. The van der Waals surface area contributed by atoms with Gasteiger partial charge in [0.15, 0.2) is 0 Å². The number of benzene rings is 2. The molecule has 0 unspecified atom stereocenters. The summed E-state index contributed by atoms with van der Waals surface area (Å²) in [6, 6.07) is 18.0. The highest BCUT2D eigenvalue weighted by atomic mass is 35.5. The summed E-state index contributed by atoms with van der Waals surface area (Å²) in [5.74, 6) is 2.46. The number of rotatable bonds is 8. The number of hydrogen-bond acceptors (Lipinski definition) is 8. The maximum absolute atomic E-state index is 13.1. The Morgan fingerprint density at radius 2 is 1.62 bits per heavy atom. The highest BCUT2D eigenvalue weighted by Crippen LogP contribution is 2.45. The van der Waals surface area contributed by atoms with Crippen molar-refractivity contribution < 1.29 is 17.6 Å². The van der Waals surface area contributed by atoms with Gasteiger partial charge in [0.25, 0.3) is 15.9 Å². The van der Waals surface area contributed by atoms with Gasteiger partial charge in [-0.15, -0.1) is 23.5 Å². The highest BCUT2D eigenvalue weighted by Gasteiger charge is 2.31. The molecule has 2 aliphatic rings. The quantitative estimate of drug-likeness (QED) is 0.398. The molecule has 1 amide bonds. The van der Waals surface area contributed by atoms with Crippen LogP contribution in [0.25, 0.3) is 0 Å². The molecule has 12 heteroatoms. The second-order valence-corrected chi connectivity index (χ2v) is 13.6. The van der Waals surface area contributed by atoms with Crippen molar-refractivity contribution >= 4 is 56.7 Å². The molecule has 0 atom stereocenters. The molecule has 0 bridgehead atoms. The average Bonchev–Trinajstić information content (AvgIpc) is 3.62. The third-order valence-corrected chi connectivity index (χ3v) is 11.2. The van der Waals surface area contributed by atoms with E-state index in [1.54, 1.807) is 30.3 Å². The van der Waals surface area contributed by atoms with Crippen LogP contribution in [0.3, 0.4) is 0 Å². The van der Waals surface area contributed by atoms with Crippen molar-refractivity contribution in [2.75, 3.05) is 43.1 Å². The first-order valence-electron chi connectivity index (χ1n) is 11.9. The van der Waals surface area contributed by atoms with Crippen LogP contribution in [0.1, 0.15) is 26.3 Å². The number of hydrogen-bond donors (Lipinski definition) is 2. The zero-order valence-electron chi connectivity index (χ0n) is 19.9. The maximum atomic E-state index is 13.1. The summed E-state index contributed by atoms with van der Waals surface area (Å²) < 4.78 is 33.8. The molecule has 2 N–H and O–H groups in total. The molecule has 3 heterocycles. The molecule has 2 saturated heterocycles. The molecule has 0 aliphatic carbocycles. The number of furan rings is 1. The molecule has 0 saturated carbocycles. The number of anilines is 1. The summed E-state index contributed by atoms with van der Waals surface area (Å²) >= 11 is 9.82. The van der Waals surface area contributed by atoms with Gasteiger partial charge < -0.3 is 15.2 Å². The van der Waals surface area contributed by atoms with E-state index in [1.165, 1.54) is 27.4 Å². The molecule has 0 spiro atoms. The second kappa shape index (κ2) is 11.7. The lowest BCUT2D eigenvalue weighted by Crippen LogP contribution is -2.50. The first-order chi connectivity index (χ1) is 17.9. The minimum Gasteiger partial charge on any atom is -0.446 e. The van der Waals surface area contributed by atoms with Gasteiger partial charge in [-0.2, -0.15) is 4.31 Å². The van der Waals surface area contributed by atoms with Crippen LogP contribution in [-0.2, 0) is 16.6 Å². The predicted molar refractivity (Wildman–Crippen MR) is 149 cm³/mol. The van der Waals surface area contributed by atoms with Gasteiger partial charge in [0.2, 0.25) is 5.09 Å². The number of thioether (sulfide) groups is 2. The van der Waals surface area contributed by atoms with Crippen molar-refractivity contribution in [1.29, 1.82) is 0 Å². The Balaban J connectivity index is 1.12. The van der Waals surface area contributed by atoms with E-state index in [0.29, 0.717) is 47.1 Å². The zero-order valence-corrected chi connectivity index (χ0v) is 23.1. The van der Waals surface area contributed by atoms with Crippen LogP contribution >= 0.6 is 35.1 Å². The standard InChI is InChI=1S/C25H27ClN4O4S3/c26-20-5-1-18(2-6-20)24(31)27-17-22-9-10-23(34-22)37(32,33)30-13-11-29(12-14-30)28-21-7-3-19(4-8-21)25-35-15-16-36-25/h1-10,25,28H,11-17H2,(H,27,31). The van der Waals surface area contributed by atoms with Crippen LogP contribution in [0.15, 0.2) is 70.2 Å². The molecule has 8 nitrogen and oxygen atoms in total. The molecule has 3 aromatic rings. The van der Waals surface area contributed by atoms with Gasteiger partial charge in [-0.3, -0.25) is 4.79 Å². The van der Waals surface area contributed by atoms with E-state index in [4.69, 9.17) is 16.0 Å². The minimum atomic E-state index is -3.77.